The Morgan fingerprint density at radius 2 is 1.88 bits per heavy atom. The highest BCUT2D eigenvalue weighted by Gasteiger charge is 2.24. The van der Waals surface area contributed by atoms with Gasteiger partial charge in [-0.3, -0.25) is 14.3 Å². The lowest BCUT2D eigenvalue weighted by atomic mass is 9.97. The summed E-state index contributed by atoms with van der Waals surface area (Å²) in [5.41, 5.74) is -0.856. The highest BCUT2D eigenvalue weighted by atomic mass is 16.6. The van der Waals surface area contributed by atoms with Crippen LogP contribution in [0.2, 0.25) is 0 Å². The fourth-order valence-electron chi connectivity index (χ4n) is 2.40. The third-order valence-electron chi connectivity index (χ3n) is 3.19. The molecule has 0 fully saturated rings. The number of carbonyl (C=O) groups is 1. The molecule has 8 heteroatoms. The quantitative estimate of drug-likeness (QED) is 0.787. The Labute approximate surface area is 146 Å². The van der Waals surface area contributed by atoms with Crippen LogP contribution in [0.4, 0.5) is 0 Å². The van der Waals surface area contributed by atoms with Crippen LogP contribution in [-0.2, 0) is 22.6 Å². The fourth-order valence-corrected chi connectivity index (χ4v) is 2.40. The lowest BCUT2D eigenvalue weighted by Gasteiger charge is -2.23. The lowest BCUT2D eigenvalue weighted by molar-refractivity contribution is -0.156. The molecule has 134 valence electrons. The van der Waals surface area contributed by atoms with Crippen LogP contribution in [0.25, 0.3) is 11.0 Å². The molecular weight excluding hydrogens is 322 g/mol. The topological polar surface area (TPSA) is 103 Å². The second-order valence-electron chi connectivity index (χ2n) is 8.11. The van der Waals surface area contributed by atoms with Crippen molar-refractivity contribution in [2.75, 3.05) is 0 Å². The molecule has 0 aliphatic heterocycles. The smallest absolute Gasteiger partial charge is 0.328 e. The van der Waals surface area contributed by atoms with E-state index in [0.717, 1.165) is 0 Å². The summed E-state index contributed by atoms with van der Waals surface area (Å²) in [6.45, 7) is 11.5. The molecule has 0 radical (unpaired) electrons. The summed E-state index contributed by atoms with van der Waals surface area (Å²) in [6, 6.07) is 1.87. The third kappa shape index (κ3) is 4.44. The monoisotopic (exact) mass is 345 g/mol. The van der Waals surface area contributed by atoms with Gasteiger partial charge in [0.05, 0.1) is 0 Å². The predicted molar refractivity (Wildman–Crippen MR) is 91.8 cm³/mol. The second kappa shape index (κ2) is 6.31. The first-order valence-corrected chi connectivity index (χ1v) is 7.99. The van der Waals surface area contributed by atoms with E-state index in [-0.39, 0.29) is 28.7 Å². The summed E-state index contributed by atoms with van der Waals surface area (Å²) in [5, 5.41) is 9.30. The maximum absolute atomic E-state index is 12.7. The van der Waals surface area contributed by atoms with Crippen LogP contribution in [0.1, 0.15) is 47.4 Å². The number of ether oxygens (including phenoxy) is 1. The van der Waals surface area contributed by atoms with Crippen molar-refractivity contribution in [1.29, 1.82) is 5.26 Å². The third-order valence-corrected chi connectivity index (χ3v) is 3.19. The van der Waals surface area contributed by atoms with E-state index in [1.165, 1.54) is 10.9 Å². The number of esters is 1. The zero-order valence-electron chi connectivity index (χ0n) is 15.5. The molecule has 0 unspecified atom stereocenters. The lowest BCUT2D eigenvalue weighted by Crippen LogP contribution is -2.33. The van der Waals surface area contributed by atoms with Gasteiger partial charge in [0.1, 0.15) is 23.6 Å². The molecule has 0 aliphatic rings. The number of rotatable bonds is 3. The van der Waals surface area contributed by atoms with E-state index in [4.69, 9.17) is 10.00 Å². The number of nitriles is 1. The van der Waals surface area contributed by atoms with Gasteiger partial charge in [0.25, 0.3) is 5.56 Å². The fraction of sp³-hybridized carbons (Fsp3) is 0.588. The highest BCUT2D eigenvalue weighted by Crippen LogP contribution is 2.19. The molecule has 25 heavy (non-hydrogen) atoms. The predicted octanol–water partition coefficient (Wildman–Crippen LogP) is 1.85. The molecule has 2 rings (SSSR count). The average Bonchev–Trinajstić information content (AvgIpc) is 2.69. The van der Waals surface area contributed by atoms with Crippen molar-refractivity contribution in [3.63, 3.8) is 0 Å². The van der Waals surface area contributed by atoms with E-state index in [1.807, 2.05) is 26.8 Å². The maximum Gasteiger partial charge on any atom is 0.328 e. The van der Waals surface area contributed by atoms with E-state index < -0.39 is 11.6 Å². The minimum Gasteiger partial charge on any atom is -0.459 e. The Kier molecular flexibility index (Phi) is 4.71. The van der Waals surface area contributed by atoms with Gasteiger partial charge >= 0.3 is 5.97 Å². The summed E-state index contributed by atoms with van der Waals surface area (Å²) in [7, 11) is 0. The molecule has 2 heterocycles. The van der Waals surface area contributed by atoms with Gasteiger partial charge < -0.3 is 4.74 Å². The van der Waals surface area contributed by atoms with Crippen molar-refractivity contribution in [2.45, 2.75) is 60.2 Å². The molecular formula is C17H23N5O3. The largest absolute Gasteiger partial charge is 0.459 e. The summed E-state index contributed by atoms with van der Waals surface area (Å²) >= 11 is 0. The average molecular weight is 345 g/mol. The van der Waals surface area contributed by atoms with Gasteiger partial charge in [-0.25, -0.2) is 9.67 Å². The van der Waals surface area contributed by atoms with E-state index >= 15 is 0 Å². The van der Waals surface area contributed by atoms with Crippen LogP contribution >= 0.6 is 0 Å². The summed E-state index contributed by atoms with van der Waals surface area (Å²) < 4.78 is 8.26. The number of hydrogen-bond acceptors (Lipinski definition) is 6. The van der Waals surface area contributed by atoms with Gasteiger partial charge in [0.15, 0.2) is 5.65 Å². The van der Waals surface area contributed by atoms with Crippen molar-refractivity contribution < 1.29 is 9.53 Å². The molecule has 2 aromatic rings. The van der Waals surface area contributed by atoms with Gasteiger partial charge in [0.2, 0.25) is 5.82 Å². The SMILES string of the molecule is CC(C)(C)Cn1c2nc(C#N)ncc2c(=O)n1CC(=O)OC(C)(C)C. The van der Waals surface area contributed by atoms with E-state index in [0.29, 0.717) is 12.2 Å². The molecule has 0 amide bonds. The highest BCUT2D eigenvalue weighted by molar-refractivity contribution is 5.75. The van der Waals surface area contributed by atoms with Gasteiger partial charge in [-0.15, -0.1) is 0 Å². The first-order chi connectivity index (χ1) is 11.4. The summed E-state index contributed by atoms with van der Waals surface area (Å²) in [5.74, 6) is -0.536. The zero-order chi connectivity index (χ0) is 19.0. The van der Waals surface area contributed by atoms with Gasteiger partial charge in [-0.05, 0) is 26.2 Å². The van der Waals surface area contributed by atoms with Crippen molar-refractivity contribution >= 4 is 17.0 Å². The maximum atomic E-state index is 12.7. The molecule has 0 atom stereocenters. The standard InChI is InChI=1S/C17H23N5O3/c1-16(2,3)10-22-14-11(8-19-12(7-18)20-14)15(24)21(22)9-13(23)25-17(4,5)6/h8H,9-10H2,1-6H3. The first kappa shape index (κ1) is 18.6. The molecule has 2 aromatic heterocycles. The first-order valence-electron chi connectivity index (χ1n) is 7.99. The van der Waals surface area contributed by atoms with Crippen molar-refractivity contribution in [1.82, 2.24) is 19.3 Å². The number of hydrogen-bond donors (Lipinski definition) is 0. The van der Waals surface area contributed by atoms with Crippen molar-refractivity contribution in [3.8, 4) is 6.07 Å². The Bertz CT molecular complexity index is 904. The van der Waals surface area contributed by atoms with Crippen LogP contribution in [0.3, 0.4) is 0 Å². The Morgan fingerprint density at radius 3 is 2.40 bits per heavy atom. The minimum absolute atomic E-state index is 0.0235. The van der Waals surface area contributed by atoms with Gasteiger partial charge in [-0.1, -0.05) is 20.8 Å². The van der Waals surface area contributed by atoms with Crippen LogP contribution in [0.15, 0.2) is 11.0 Å². The van der Waals surface area contributed by atoms with E-state index in [1.54, 1.807) is 25.5 Å². The normalized spacial score (nSPS) is 12.2. The van der Waals surface area contributed by atoms with Gasteiger partial charge in [-0.2, -0.15) is 10.2 Å². The zero-order valence-corrected chi connectivity index (χ0v) is 15.5. The Morgan fingerprint density at radius 1 is 1.24 bits per heavy atom. The Hall–Kier alpha value is -2.69. The molecule has 0 N–H and O–H groups in total. The van der Waals surface area contributed by atoms with Crippen LogP contribution in [-0.4, -0.2) is 30.9 Å². The Balaban J connectivity index is 2.59. The molecule has 0 saturated heterocycles. The van der Waals surface area contributed by atoms with Crippen LogP contribution < -0.4 is 5.56 Å². The summed E-state index contributed by atoms with van der Waals surface area (Å²) in [6.07, 6.45) is 1.33. The number of nitrogens with zero attached hydrogens (tertiary/aromatic N) is 5. The van der Waals surface area contributed by atoms with Crippen LogP contribution in [0.5, 0.6) is 0 Å². The number of fused-ring (bicyclic) bond motifs is 1. The molecule has 0 saturated carbocycles. The molecule has 0 aromatic carbocycles. The number of aromatic nitrogens is 4. The van der Waals surface area contributed by atoms with Gasteiger partial charge in [0, 0.05) is 12.7 Å². The molecule has 0 spiro atoms. The molecule has 0 aliphatic carbocycles. The van der Waals surface area contributed by atoms with E-state index in [9.17, 15) is 9.59 Å². The molecule has 0 bridgehead atoms. The minimum atomic E-state index is -0.644. The molecule has 8 nitrogen and oxygen atoms in total. The number of carbonyl (C=O) groups excluding carboxylic acids is 1. The summed E-state index contributed by atoms with van der Waals surface area (Å²) in [4.78, 5) is 32.9. The van der Waals surface area contributed by atoms with Crippen LogP contribution in [0, 0.1) is 16.7 Å². The second-order valence-corrected chi connectivity index (χ2v) is 8.11. The van der Waals surface area contributed by atoms with Crippen molar-refractivity contribution in [3.05, 3.63) is 22.4 Å². The van der Waals surface area contributed by atoms with Crippen molar-refractivity contribution in [2.24, 2.45) is 5.41 Å². The van der Waals surface area contributed by atoms with E-state index in [2.05, 4.69) is 9.97 Å².